The van der Waals surface area contributed by atoms with E-state index in [0.717, 1.165) is 5.56 Å². The number of hydrogen-bond donors (Lipinski definition) is 2. The number of aromatic amines is 1. The van der Waals surface area contributed by atoms with Crippen molar-refractivity contribution in [1.82, 2.24) is 4.98 Å². The molecule has 24 heavy (non-hydrogen) atoms. The van der Waals surface area contributed by atoms with Gasteiger partial charge < -0.3 is 9.72 Å². The second-order valence-electron chi connectivity index (χ2n) is 5.39. The van der Waals surface area contributed by atoms with Crippen LogP contribution in [0.1, 0.15) is 34.2 Å². The van der Waals surface area contributed by atoms with E-state index in [0.29, 0.717) is 21.5 Å². The number of sulfonamides is 1. The van der Waals surface area contributed by atoms with Crippen LogP contribution in [0.25, 0.3) is 0 Å². The van der Waals surface area contributed by atoms with Crippen LogP contribution in [0.15, 0.2) is 27.6 Å². The van der Waals surface area contributed by atoms with Gasteiger partial charge in [0.1, 0.15) is 10.5 Å². The molecule has 1 aromatic carbocycles. The molecule has 0 aliphatic carbocycles. The van der Waals surface area contributed by atoms with Crippen LogP contribution in [0, 0.1) is 20.8 Å². The number of H-pyrrole nitrogens is 1. The molecule has 2 rings (SSSR count). The van der Waals surface area contributed by atoms with Crippen molar-refractivity contribution in [2.24, 2.45) is 0 Å². The molecule has 0 atom stereocenters. The van der Waals surface area contributed by atoms with Crippen molar-refractivity contribution < 1.29 is 17.9 Å². The summed E-state index contributed by atoms with van der Waals surface area (Å²) in [7, 11) is -3.96. The lowest BCUT2D eigenvalue weighted by atomic mass is 10.2. The maximum Gasteiger partial charge on any atom is 0.341 e. The highest BCUT2D eigenvalue weighted by molar-refractivity contribution is 9.10. The van der Waals surface area contributed by atoms with E-state index in [-0.39, 0.29) is 17.1 Å². The van der Waals surface area contributed by atoms with E-state index in [1.54, 1.807) is 39.0 Å². The van der Waals surface area contributed by atoms with Crippen LogP contribution in [0.2, 0.25) is 0 Å². The fourth-order valence-corrected chi connectivity index (χ4v) is 4.69. The first-order valence-corrected chi connectivity index (χ1v) is 9.60. The van der Waals surface area contributed by atoms with Gasteiger partial charge in [-0.15, -0.1) is 0 Å². The number of anilines is 1. The molecule has 1 heterocycles. The Morgan fingerprint density at radius 1 is 1.25 bits per heavy atom. The van der Waals surface area contributed by atoms with Crippen LogP contribution >= 0.6 is 15.9 Å². The zero-order valence-corrected chi connectivity index (χ0v) is 16.3. The SMILES string of the molecule is CCOC(=O)c1c(C)[nH]c(C)c1S(=O)(=O)Nc1ccc(C)cc1Br. The first-order valence-electron chi connectivity index (χ1n) is 7.32. The molecule has 0 unspecified atom stereocenters. The molecule has 0 amide bonds. The van der Waals surface area contributed by atoms with Crippen molar-refractivity contribution in [3.05, 3.63) is 45.2 Å². The molecule has 0 saturated heterocycles. The molecule has 0 aliphatic rings. The number of rotatable bonds is 5. The summed E-state index contributed by atoms with van der Waals surface area (Å²) < 4.78 is 33.8. The van der Waals surface area contributed by atoms with E-state index >= 15 is 0 Å². The van der Waals surface area contributed by atoms with Crippen molar-refractivity contribution in [2.75, 3.05) is 11.3 Å². The number of carbonyl (C=O) groups excluding carboxylic acids is 1. The highest BCUT2D eigenvalue weighted by Crippen LogP contribution is 2.30. The fraction of sp³-hybridized carbons (Fsp3) is 0.312. The zero-order valence-electron chi connectivity index (χ0n) is 13.9. The summed E-state index contributed by atoms with van der Waals surface area (Å²) in [5, 5.41) is 0. The Labute approximate surface area is 149 Å². The van der Waals surface area contributed by atoms with Gasteiger partial charge in [0.25, 0.3) is 10.0 Å². The Kier molecular flexibility index (Phi) is 5.39. The molecule has 8 heteroatoms. The molecule has 0 spiro atoms. The minimum absolute atomic E-state index is 0.0325. The van der Waals surface area contributed by atoms with E-state index in [2.05, 4.69) is 25.6 Å². The van der Waals surface area contributed by atoms with E-state index in [1.807, 2.05) is 6.92 Å². The Balaban J connectivity index is 2.51. The molecular weight excluding hydrogens is 396 g/mol. The highest BCUT2D eigenvalue weighted by atomic mass is 79.9. The standard InChI is InChI=1S/C16H19BrN2O4S/c1-5-23-16(20)14-10(3)18-11(4)15(14)24(21,22)19-13-7-6-9(2)8-12(13)17/h6-8,18-19H,5H2,1-4H3. The maximum atomic E-state index is 12.8. The zero-order chi connectivity index (χ0) is 18.1. The van der Waals surface area contributed by atoms with Crippen molar-refractivity contribution in [1.29, 1.82) is 0 Å². The van der Waals surface area contributed by atoms with Crippen LogP contribution in [-0.2, 0) is 14.8 Å². The monoisotopic (exact) mass is 414 g/mol. The summed E-state index contributed by atoms with van der Waals surface area (Å²) in [6, 6.07) is 5.26. The molecule has 0 bridgehead atoms. The summed E-state index contributed by atoms with van der Waals surface area (Å²) in [6.45, 7) is 6.98. The van der Waals surface area contributed by atoms with Gasteiger partial charge >= 0.3 is 5.97 Å². The largest absolute Gasteiger partial charge is 0.462 e. The lowest BCUT2D eigenvalue weighted by Crippen LogP contribution is -2.18. The average molecular weight is 415 g/mol. The Morgan fingerprint density at radius 2 is 1.92 bits per heavy atom. The minimum atomic E-state index is -3.96. The minimum Gasteiger partial charge on any atom is -0.462 e. The maximum absolute atomic E-state index is 12.8. The third kappa shape index (κ3) is 3.64. The number of aryl methyl sites for hydroxylation is 3. The second kappa shape index (κ2) is 6.98. The number of esters is 1. The van der Waals surface area contributed by atoms with E-state index in [9.17, 15) is 13.2 Å². The molecule has 2 N–H and O–H groups in total. The predicted octanol–water partition coefficient (Wildman–Crippen LogP) is 3.68. The molecule has 0 fully saturated rings. The van der Waals surface area contributed by atoms with Gasteiger partial charge in [0.05, 0.1) is 12.3 Å². The molecule has 130 valence electrons. The molecule has 0 radical (unpaired) electrons. The Morgan fingerprint density at radius 3 is 2.50 bits per heavy atom. The van der Waals surface area contributed by atoms with Gasteiger partial charge in [-0.05, 0) is 61.3 Å². The topological polar surface area (TPSA) is 88.3 Å². The van der Waals surface area contributed by atoms with Crippen LogP contribution in [-0.4, -0.2) is 26.0 Å². The predicted molar refractivity (Wildman–Crippen MR) is 95.9 cm³/mol. The molecule has 0 aliphatic heterocycles. The van der Waals surface area contributed by atoms with Crippen molar-refractivity contribution in [3.8, 4) is 0 Å². The first-order chi connectivity index (χ1) is 11.2. The number of aromatic nitrogens is 1. The summed E-state index contributed by atoms with van der Waals surface area (Å²) in [6.07, 6.45) is 0. The van der Waals surface area contributed by atoms with Crippen LogP contribution < -0.4 is 4.72 Å². The fourth-order valence-electron chi connectivity index (χ4n) is 2.44. The smallest absolute Gasteiger partial charge is 0.341 e. The van der Waals surface area contributed by atoms with Gasteiger partial charge in [-0.2, -0.15) is 0 Å². The van der Waals surface area contributed by atoms with Crippen LogP contribution in [0.4, 0.5) is 5.69 Å². The van der Waals surface area contributed by atoms with Gasteiger partial charge in [-0.1, -0.05) is 6.07 Å². The number of hydrogen-bond acceptors (Lipinski definition) is 4. The van der Waals surface area contributed by atoms with Gasteiger partial charge in [0.2, 0.25) is 0 Å². The average Bonchev–Trinajstić information content (AvgIpc) is 2.77. The van der Waals surface area contributed by atoms with E-state index in [4.69, 9.17) is 4.74 Å². The highest BCUT2D eigenvalue weighted by Gasteiger charge is 2.30. The van der Waals surface area contributed by atoms with Crippen molar-refractivity contribution in [3.63, 3.8) is 0 Å². The number of halogens is 1. The van der Waals surface area contributed by atoms with Gasteiger partial charge in [0, 0.05) is 15.9 Å². The second-order valence-corrected chi connectivity index (χ2v) is 7.86. The third-order valence-corrected chi connectivity index (χ3v) is 5.63. The van der Waals surface area contributed by atoms with Gasteiger partial charge in [0.15, 0.2) is 0 Å². The molecule has 0 saturated carbocycles. The van der Waals surface area contributed by atoms with Crippen LogP contribution in [0.3, 0.4) is 0 Å². The lowest BCUT2D eigenvalue weighted by Gasteiger charge is -2.12. The van der Waals surface area contributed by atoms with Crippen molar-refractivity contribution in [2.45, 2.75) is 32.6 Å². The molecular formula is C16H19BrN2O4S. The first kappa shape index (κ1) is 18.5. The molecule has 2 aromatic rings. The van der Waals surface area contributed by atoms with Gasteiger partial charge in [-0.25, -0.2) is 13.2 Å². The normalized spacial score (nSPS) is 11.4. The van der Waals surface area contributed by atoms with Crippen LogP contribution in [0.5, 0.6) is 0 Å². The Hall–Kier alpha value is -1.80. The number of ether oxygens (including phenoxy) is 1. The summed E-state index contributed by atoms with van der Waals surface area (Å²) in [4.78, 5) is 15.0. The summed E-state index contributed by atoms with van der Waals surface area (Å²) in [5.41, 5.74) is 2.25. The number of nitrogens with one attached hydrogen (secondary N) is 2. The Bertz CT molecular complexity index is 888. The van der Waals surface area contributed by atoms with E-state index < -0.39 is 16.0 Å². The molecule has 1 aromatic heterocycles. The van der Waals surface area contributed by atoms with Gasteiger partial charge in [-0.3, -0.25) is 4.72 Å². The lowest BCUT2D eigenvalue weighted by molar-refractivity contribution is 0.0521. The third-order valence-electron chi connectivity index (χ3n) is 3.43. The van der Waals surface area contributed by atoms with E-state index in [1.165, 1.54) is 0 Å². The number of carbonyl (C=O) groups is 1. The molecule has 6 nitrogen and oxygen atoms in total. The van der Waals surface area contributed by atoms with Crippen molar-refractivity contribution >= 4 is 37.6 Å². The quantitative estimate of drug-likeness (QED) is 0.730. The summed E-state index contributed by atoms with van der Waals surface area (Å²) >= 11 is 3.34. The summed E-state index contributed by atoms with van der Waals surface area (Å²) in [5.74, 6) is -0.664. The number of benzene rings is 1.